The number of pyridine rings is 1. The van der Waals surface area contributed by atoms with Crippen molar-refractivity contribution in [2.24, 2.45) is 0 Å². The van der Waals surface area contributed by atoms with Gasteiger partial charge in [-0.05, 0) is 55.5 Å². The molecule has 0 saturated carbocycles. The Hall–Kier alpha value is -4.58. The van der Waals surface area contributed by atoms with Gasteiger partial charge >= 0.3 is 0 Å². The lowest BCUT2D eigenvalue weighted by Gasteiger charge is -2.12. The normalized spacial score (nSPS) is 10.8. The molecule has 0 unspecified atom stereocenters. The first-order valence-electron chi connectivity index (χ1n) is 11.2. The number of anilines is 1. The number of methoxy groups -OCH3 is 2. The van der Waals surface area contributed by atoms with Gasteiger partial charge in [-0.2, -0.15) is 0 Å². The number of aryl methyl sites for hydroxylation is 1. The molecule has 174 valence electrons. The van der Waals surface area contributed by atoms with E-state index in [1.807, 2.05) is 91.9 Å². The van der Waals surface area contributed by atoms with Gasteiger partial charge in [0, 0.05) is 27.8 Å². The molecule has 0 spiro atoms. The zero-order valence-corrected chi connectivity index (χ0v) is 19.7. The van der Waals surface area contributed by atoms with Crippen LogP contribution in [0.25, 0.3) is 33.5 Å². The van der Waals surface area contributed by atoms with Crippen LogP contribution in [0.5, 0.6) is 11.5 Å². The summed E-state index contributed by atoms with van der Waals surface area (Å²) in [5, 5.41) is 3.88. The van der Waals surface area contributed by atoms with Crippen molar-refractivity contribution < 1.29 is 18.7 Å². The molecule has 3 aromatic carbocycles. The summed E-state index contributed by atoms with van der Waals surface area (Å²) in [6.07, 6.45) is 0. The molecule has 0 bridgehead atoms. The van der Waals surface area contributed by atoms with E-state index < -0.39 is 0 Å². The predicted molar refractivity (Wildman–Crippen MR) is 137 cm³/mol. The molecule has 2 heterocycles. The minimum Gasteiger partial charge on any atom is -0.497 e. The van der Waals surface area contributed by atoms with Gasteiger partial charge in [-0.15, -0.1) is 0 Å². The molecule has 0 saturated heterocycles. The fourth-order valence-electron chi connectivity index (χ4n) is 4.09. The molecule has 0 aliphatic rings. The third-order valence-corrected chi connectivity index (χ3v) is 5.90. The Morgan fingerprint density at radius 2 is 1.66 bits per heavy atom. The number of furan rings is 1. The molecule has 6 heteroatoms. The Kier molecular flexibility index (Phi) is 5.94. The third kappa shape index (κ3) is 4.34. The highest BCUT2D eigenvalue weighted by Gasteiger charge is 2.18. The molecule has 0 fully saturated rings. The highest BCUT2D eigenvalue weighted by molar-refractivity contribution is 6.06. The topological polar surface area (TPSA) is 73.6 Å². The summed E-state index contributed by atoms with van der Waals surface area (Å²) < 4.78 is 16.7. The number of hydrogen-bond acceptors (Lipinski definition) is 5. The number of benzene rings is 3. The van der Waals surface area contributed by atoms with E-state index in [2.05, 4.69) is 5.32 Å². The second-order valence-corrected chi connectivity index (χ2v) is 8.06. The van der Waals surface area contributed by atoms with Gasteiger partial charge in [0.1, 0.15) is 17.1 Å². The number of amides is 1. The van der Waals surface area contributed by atoms with Gasteiger partial charge in [0.2, 0.25) is 0 Å². The van der Waals surface area contributed by atoms with Crippen LogP contribution in [-0.2, 0) is 0 Å². The molecule has 5 aromatic rings. The number of rotatable bonds is 6. The Morgan fingerprint density at radius 1 is 0.857 bits per heavy atom. The highest BCUT2D eigenvalue weighted by Crippen LogP contribution is 2.34. The molecule has 1 N–H and O–H groups in total. The first-order valence-corrected chi connectivity index (χ1v) is 11.2. The zero-order valence-electron chi connectivity index (χ0n) is 19.7. The van der Waals surface area contributed by atoms with Gasteiger partial charge in [0.05, 0.1) is 25.6 Å². The van der Waals surface area contributed by atoms with E-state index >= 15 is 0 Å². The number of aromatic nitrogens is 1. The molecule has 6 nitrogen and oxygen atoms in total. The number of ether oxygens (including phenoxy) is 2. The van der Waals surface area contributed by atoms with Crippen molar-refractivity contribution in [3.63, 3.8) is 0 Å². The Morgan fingerprint density at radius 3 is 2.46 bits per heavy atom. The molecular formula is C29H24N2O4. The van der Waals surface area contributed by atoms with Crippen LogP contribution in [0, 0.1) is 6.92 Å². The second-order valence-electron chi connectivity index (χ2n) is 8.06. The van der Waals surface area contributed by atoms with Gasteiger partial charge in [-0.3, -0.25) is 4.79 Å². The van der Waals surface area contributed by atoms with E-state index in [-0.39, 0.29) is 5.91 Å². The standard InChI is InChI=1S/C29H24N2O4/c1-18-22-10-4-5-13-27(22)35-28(18)29(32)30-20-9-6-8-19(16-20)24-11-7-12-25(31-24)23-17-21(33-2)14-15-26(23)34-3/h4-17H,1-3H3,(H,30,32). The minimum absolute atomic E-state index is 0.293. The average Bonchev–Trinajstić information content (AvgIpc) is 3.25. The fourth-order valence-corrected chi connectivity index (χ4v) is 4.09. The monoisotopic (exact) mass is 464 g/mol. The maximum atomic E-state index is 13.0. The first-order chi connectivity index (χ1) is 17.1. The predicted octanol–water partition coefficient (Wildman–Crippen LogP) is 6.74. The second kappa shape index (κ2) is 9.35. The van der Waals surface area contributed by atoms with E-state index in [0.717, 1.165) is 39.2 Å². The van der Waals surface area contributed by atoms with Crippen LogP contribution in [-0.4, -0.2) is 25.1 Å². The average molecular weight is 465 g/mol. The largest absolute Gasteiger partial charge is 0.497 e. The summed E-state index contributed by atoms with van der Waals surface area (Å²) in [6.45, 7) is 1.89. The van der Waals surface area contributed by atoms with E-state index in [4.69, 9.17) is 18.9 Å². The van der Waals surface area contributed by atoms with Gasteiger partial charge in [-0.25, -0.2) is 4.98 Å². The van der Waals surface area contributed by atoms with Crippen LogP contribution < -0.4 is 14.8 Å². The zero-order chi connectivity index (χ0) is 24.4. The van der Waals surface area contributed by atoms with Crippen LogP contribution in [0.4, 0.5) is 5.69 Å². The molecule has 0 aliphatic carbocycles. The maximum absolute atomic E-state index is 13.0. The van der Waals surface area contributed by atoms with Crippen LogP contribution in [0.3, 0.4) is 0 Å². The number of fused-ring (bicyclic) bond motifs is 1. The number of hydrogen-bond donors (Lipinski definition) is 1. The summed E-state index contributed by atoms with van der Waals surface area (Å²) in [7, 11) is 3.26. The Balaban J connectivity index is 1.45. The van der Waals surface area contributed by atoms with Gasteiger partial charge < -0.3 is 19.2 Å². The molecule has 0 radical (unpaired) electrons. The third-order valence-electron chi connectivity index (χ3n) is 5.90. The van der Waals surface area contributed by atoms with Gasteiger partial charge in [-0.1, -0.05) is 36.4 Å². The molecule has 1 amide bonds. The van der Waals surface area contributed by atoms with E-state index in [1.165, 1.54) is 0 Å². The van der Waals surface area contributed by atoms with Crippen molar-refractivity contribution >= 4 is 22.6 Å². The number of para-hydroxylation sites is 1. The molecular weight excluding hydrogens is 440 g/mol. The van der Waals surface area contributed by atoms with Crippen molar-refractivity contribution in [3.05, 3.63) is 96.3 Å². The molecule has 0 atom stereocenters. The van der Waals surface area contributed by atoms with Crippen molar-refractivity contribution in [2.75, 3.05) is 19.5 Å². The highest BCUT2D eigenvalue weighted by atomic mass is 16.5. The van der Waals surface area contributed by atoms with Crippen LogP contribution in [0.1, 0.15) is 16.1 Å². The number of carbonyl (C=O) groups excluding carboxylic acids is 1. The number of nitrogens with one attached hydrogen (secondary N) is 1. The van der Waals surface area contributed by atoms with E-state index in [1.54, 1.807) is 14.2 Å². The Bertz CT molecular complexity index is 1540. The van der Waals surface area contributed by atoms with Crippen LogP contribution in [0.15, 0.2) is 89.3 Å². The maximum Gasteiger partial charge on any atom is 0.291 e. The van der Waals surface area contributed by atoms with E-state index in [0.29, 0.717) is 22.8 Å². The summed E-state index contributed by atoms with van der Waals surface area (Å²) in [6, 6.07) is 26.6. The first kappa shape index (κ1) is 22.2. The lowest BCUT2D eigenvalue weighted by atomic mass is 10.1. The molecule has 35 heavy (non-hydrogen) atoms. The van der Waals surface area contributed by atoms with Crippen LogP contribution >= 0.6 is 0 Å². The summed E-state index contributed by atoms with van der Waals surface area (Å²) in [5.74, 6) is 1.44. The van der Waals surface area contributed by atoms with Gasteiger partial charge in [0.15, 0.2) is 5.76 Å². The lowest BCUT2D eigenvalue weighted by molar-refractivity contribution is 0.0998. The van der Waals surface area contributed by atoms with Crippen LogP contribution in [0.2, 0.25) is 0 Å². The smallest absolute Gasteiger partial charge is 0.291 e. The fraction of sp³-hybridized carbons (Fsp3) is 0.103. The Labute approximate surface area is 203 Å². The quantitative estimate of drug-likeness (QED) is 0.301. The molecule has 5 rings (SSSR count). The summed E-state index contributed by atoms with van der Waals surface area (Å²) in [5.41, 5.74) is 5.38. The lowest BCUT2D eigenvalue weighted by Crippen LogP contribution is -2.12. The van der Waals surface area contributed by atoms with Crippen molar-refractivity contribution in [1.29, 1.82) is 0 Å². The van der Waals surface area contributed by atoms with E-state index in [9.17, 15) is 4.79 Å². The molecule has 0 aliphatic heterocycles. The van der Waals surface area contributed by atoms with Crippen molar-refractivity contribution in [2.45, 2.75) is 6.92 Å². The minimum atomic E-state index is -0.293. The molecule has 2 aromatic heterocycles. The summed E-state index contributed by atoms with van der Waals surface area (Å²) >= 11 is 0. The number of nitrogens with zero attached hydrogens (tertiary/aromatic N) is 1. The van der Waals surface area contributed by atoms with Gasteiger partial charge in [0.25, 0.3) is 5.91 Å². The van der Waals surface area contributed by atoms with Crippen molar-refractivity contribution in [1.82, 2.24) is 4.98 Å². The number of carbonyl (C=O) groups is 1. The summed E-state index contributed by atoms with van der Waals surface area (Å²) in [4.78, 5) is 17.8. The SMILES string of the molecule is COc1ccc(OC)c(-c2cccc(-c3cccc(NC(=O)c4oc5ccccc5c4C)c3)n2)c1. The van der Waals surface area contributed by atoms with Crippen molar-refractivity contribution in [3.8, 4) is 34.0 Å².